The number of allylic oxidation sites excluding steroid dienone is 1. The van der Waals surface area contributed by atoms with E-state index in [1.807, 2.05) is 42.5 Å². The maximum atomic E-state index is 5.84. The van der Waals surface area contributed by atoms with Crippen LogP contribution in [0.5, 0.6) is 0 Å². The molecule has 0 saturated carbocycles. The van der Waals surface area contributed by atoms with Crippen molar-refractivity contribution < 1.29 is 0 Å². The summed E-state index contributed by atoms with van der Waals surface area (Å²) in [4.78, 5) is 4.66. The zero-order valence-electron chi connectivity index (χ0n) is 13.8. The first kappa shape index (κ1) is 15.2. The molecular weight excluding hydrogens is 306 g/mol. The van der Waals surface area contributed by atoms with Gasteiger partial charge in [-0.25, -0.2) is 0 Å². The highest BCUT2D eigenvalue weighted by Gasteiger charge is 2.14. The van der Waals surface area contributed by atoms with E-state index in [0.29, 0.717) is 0 Å². The molecule has 0 saturated heterocycles. The molecule has 0 bridgehead atoms. The number of nitrogens with one attached hydrogen (secondary N) is 1. The highest BCUT2D eigenvalue weighted by Crippen LogP contribution is 2.26. The van der Waals surface area contributed by atoms with E-state index < -0.39 is 0 Å². The van der Waals surface area contributed by atoms with Crippen molar-refractivity contribution in [2.75, 3.05) is 11.1 Å². The zero-order chi connectivity index (χ0) is 17.1. The lowest BCUT2D eigenvalue weighted by atomic mass is 10.0. The van der Waals surface area contributed by atoms with Crippen LogP contribution in [0.4, 0.5) is 17.1 Å². The zero-order valence-corrected chi connectivity index (χ0v) is 13.8. The molecule has 0 aromatic heterocycles. The third kappa shape index (κ3) is 3.45. The summed E-state index contributed by atoms with van der Waals surface area (Å²) in [6, 6.07) is 24.4. The van der Waals surface area contributed by atoms with Crippen LogP contribution >= 0.6 is 0 Å². The SMILES string of the molecule is Nc1cccc(Nc2ccc3c(c2)CN=C3/C=C/c2ccccc2)c1. The van der Waals surface area contributed by atoms with Crippen molar-refractivity contribution in [2.24, 2.45) is 4.99 Å². The molecule has 3 aromatic carbocycles. The van der Waals surface area contributed by atoms with E-state index in [0.717, 1.165) is 29.3 Å². The molecule has 122 valence electrons. The summed E-state index contributed by atoms with van der Waals surface area (Å²) in [5.74, 6) is 0. The van der Waals surface area contributed by atoms with Gasteiger partial charge >= 0.3 is 0 Å². The molecule has 0 radical (unpaired) electrons. The summed E-state index contributed by atoms with van der Waals surface area (Å²) in [5, 5.41) is 3.40. The van der Waals surface area contributed by atoms with E-state index in [-0.39, 0.29) is 0 Å². The number of hydrogen-bond donors (Lipinski definition) is 2. The Morgan fingerprint density at radius 2 is 1.68 bits per heavy atom. The van der Waals surface area contributed by atoms with Crippen LogP contribution in [0.3, 0.4) is 0 Å². The topological polar surface area (TPSA) is 50.4 Å². The minimum absolute atomic E-state index is 0.718. The van der Waals surface area contributed by atoms with E-state index in [4.69, 9.17) is 5.73 Å². The molecule has 0 fully saturated rings. The summed E-state index contributed by atoms with van der Waals surface area (Å²) in [6.45, 7) is 0.718. The predicted octanol–water partition coefficient (Wildman–Crippen LogP) is 5.03. The molecule has 0 amide bonds. The van der Waals surface area contributed by atoms with Gasteiger partial charge in [0.1, 0.15) is 0 Å². The van der Waals surface area contributed by atoms with E-state index in [1.54, 1.807) is 0 Å². The Labute approximate surface area is 147 Å². The minimum Gasteiger partial charge on any atom is -0.399 e. The van der Waals surface area contributed by atoms with Crippen molar-refractivity contribution in [3.63, 3.8) is 0 Å². The van der Waals surface area contributed by atoms with Crippen LogP contribution in [-0.2, 0) is 6.54 Å². The Hall–Kier alpha value is -3.33. The Balaban J connectivity index is 1.52. The van der Waals surface area contributed by atoms with Crippen molar-refractivity contribution in [3.05, 3.63) is 95.6 Å². The van der Waals surface area contributed by atoms with Crippen LogP contribution < -0.4 is 11.1 Å². The molecule has 1 aliphatic heterocycles. The van der Waals surface area contributed by atoms with Gasteiger partial charge in [0.2, 0.25) is 0 Å². The first-order chi connectivity index (χ1) is 12.3. The summed E-state index contributed by atoms with van der Waals surface area (Å²) >= 11 is 0. The number of nitrogens with two attached hydrogens (primary N) is 1. The molecule has 0 spiro atoms. The number of benzene rings is 3. The van der Waals surface area contributed by atoms with Crippen LogP contribution in [0.25, 0.3) is 6.08 Å². The highest BCUT2D eigenvalue weighted by molar-refractivity contribution is 6.13. The van der Waals surface area contributed by atoms with E-state index >= 15 is 0 Å². The average molecular weight is 325 g/mol. The Bertz CT molecular complexity index is 956. The smallest absolute Gasteiger partial charge is 0.0654 e. The van der Waals surface area contributed by atoms with Gasteiger partial charge < -0.3 is 11.1 Å². The number of rotatable bonds is 4. The van der Waals surface area contributed by atoms with Crippen LogP contribution in [0, 0.1) is 0 Å². The van der Waals surface area contributed by atoms with Gasteiger partial charge in [0, 0.05) is 22.6 Å². The molecule has 0 aliphatic carbocycles. The summed E-state index contributed by atoms with van der Waals surface area (Å²) in [6.07, 6.45) is 4.19. The Morgan fingerprint density at radius 3 is 2.52 bits per heavy atom. The molecule has 25 heavy (non-hydrogen) atoms. The average Bonchev–Trinajstić information content (AvgIpc) is 3.03. The second-order valence-electron chi connectivity index (χ2n) is 6.07. The third-order valence-corrected chi connectivity index (χ3v) is 4.21. The van der Waals surface area contributed by atoms with E-state index in [2.05, 4.69) is 52.8 Å². The maximum Gasteiger partial charge on any atom is 0.0654 e. The summed E-state index contributed by atoms with van der Waals surface area (Å²) < 4.78 is 0. The first-order valence-electron chi connectivity index (χ1n) is 8.31. The lowest BCUT2D eigenvalue weighted by Gasteiger charge is -2.09. The van der Waals surface area contributed by atoms with E-state index in [9.17, 15) is 0 Å². The Morgan fingerprint density at radius 1 is 0.840 bits per heavy atom. The highest BCUT2D eigenvalue weighted by atomic mass is 14.9. The van der Waals surface area contributed by atoms with Crippen LogP contribution in [0.1, 0.15) is 16.7 Å². The number of nitrogen functional groups attached to an aromatic ring is 1. The maximum absolute atomic E-state index is 5.84. The van der Waals surface area contributed by atoms with Gasteiger partial charge in [-0.05, 0) is 47.5 Å². The van der Waals surface area contributed by atoms with Gasteiger partial charge in [0.15, 0.2) is 0 Å². The van der Waals surface area contributed by atoms with Crippen LogP contribution in [0.15, 0.2) is 83.9 Å². The van der Waals surface area contributed by atoms with Crippen molar-refractivity contribution in [3.8, 4) is 0 Å². The van der Waals surface area contributed by atoms with Crippen molar-refractivity contribution in [2.45, 2.75) is 6.54 Å². The minimum atomic E-state index is 0.718. The van der Waals surface area contributed by atoms with E-state index in [1.165, 1.54) is 16.7 Å². The van der Waals surface area contributed by atoms with Crippen molar-refractivity contribution >= 4 is 28.8 Å². The van der Waals surface area contributed by atoms with Crippen LogP contribution in [0.2, 0.25) is 0 Å². The second-order valence-corrected chi connectivity index (χ2v) is 6.07. The van der Waals surface area contributed by atoms with Crippen molar-refractivity contribution in [1.29, 1.82) is 0 Å². The number of aliphatic imine (C=N–C) groups is 1. The summed E-state index contributed by atoms with van der Waals surface area (Å²) in [7, 11) is 0. The van der Waals surface area contributed by atoms with Crippen LogP contribution in [-0.4, -0.2) is 5.71 Å². The fourth-order valence-corrected chi connectivity index (χ4v) is 2.97. The molecule has 3 nitrogen and oxygen atoms in total. The molecule has 0 atom stereocenters. The third-order valence-electron chi connectivity index (χ3n) is 4.21. The Kier molecular flexibility index (Phi) is 4.05. The van der Waals surface area contributed by atoms with Gasteiger partial charge in [-0.15, -0.1) is 0 Å². The number of fused-ring (bicyclic) bond motifs is 1. The molecule has 0 unspecified atom stereocenters. The first-order valence-corrected chi connectivity index (χ1v) is 8.31. The largest absolute Gasteiger partial charge is 0.399 e. The number of anilines is 3. The fraction of sp³-hybridized carbons (Fsp3) is 0.0455. The lowest BCUT2D eigenvalue weighted by Crippen LogP contribution is -1.97. The lowest BCUT2D eigenvalue weighted by molar-refractivity contribution is 1.11. The monoisotopic (exact) mass is 325 g/mol. The molecule has 3 aromatic rings. The number of nitrogens with zero attached hydrogens (tertiary/aromatic N) is 1. The fourth-order valence-electron chi connectivity index (χ4n) is 2.97. The summed E-state index contributed by atoms with van der Waals surface area (Å²) in [5.41, 5.74) is 13.3. The molecule has 1 aliphatic rings. The quantitative estimate of drug-likeness (QED) is 0.661. The molecule has 4 rings (SSSR count). The molecule has 1 heterocycles. The number of hydrogen-bond acceptors (Lipinski definition) is 3. The molecule has 3 heteroatoms. The molecular formula is C22H19N3. The standard InChI is InChI=1S/C22H19N3/c23-18-7-4-8-19(14-18)25-20-10-11-21-17(13-20)15-24-22(21)12-9-16-5-2-1-3-6-16/h1-14,25H,15,23H2/b12-9+. The van der Waals surface area contributed by atoms with Gasteiger partial charge in [0.25, 0.3) is 0 Å². The second kappa shape index (κ2) is 6.65. The normalized spacial score (nSPS) is 12.9. The van der Waals surface area contributed by atoms with Gasteiger partial charge in [-0.1, -0.05) is 48.5 Å². The van der Waals surface area contributed by atoms with Crippen molar-refractivity contribution in [1.82, 2.24) is 0 Å². The van der Waals surface area contributed by atoms with Gasteiger partial charge in [0.05, 0.1) is 12.3 Å². The van der Waals surface area contributed by atoms with Gasteiger partial charge in [-0.2, -0.15) is 0 Å². The van der Waals surface area contributed by atoms with Gasteiger partial charge in [-0.3, -0.25) is 4.99 Å². The molecule has 3 N–H and O–H groups in total. The predicted molar refractivity (Wildman–Crippen MR) is 106 cm³/mol.